The van der Waals surface area contributed by atoms with E-state index in [1.165, 1.54) is 0 Å². The van der Waals surface area contributed by atoms with Gasteiger partial charge in [-0.05, 0) is 13.0 Å². The Labute approximate surface area is 67.2 Å². The Bertz CT molecular complexity index is 106. The molecule has 0 saturated carbocycles. The van der Waals surface area contributed by atoms with Gasteiger partial charge in [-0.2, -0.15) is 0 Å². The zero-order valence-electron chi connectivity index (χ0n) is 6.42. The van der Waals surface area contributed by atoms with Gasteiger partial charge < -0.3 is 10.4 Å². The highest BCUT2D eigenvalue weighted by atomic mass is 35.5. The molecule has 0 aromatic rings. The van der Waals surface area contributed by atoms with E-state index in [0.29, 0.717) is 0 Å². The van der Waals surface area contributed by atoms with E-state index in [1.807, 2.05) is 13.8 Å². The van der Waals surface area contributed by atoms with Crippen molar-refractivity contribution in [1.82, 2.24) is 5.32 Å². The van der Waals surface area contributed by atoms with E-state index >= 15 is 0 Å². The number of rotatable bonds is 3. The Morgan fingerprint density at radius 2 is 1.90 bits per heavy atom. The fourth-order valence-electron chi connectivity index (χ4n) is 0.742. The molecular weight excluding hydrogens is 154 g/mol. The first-order valence-electron chi connectivity index (χ1n) is 2.99. The minimum atomic E-state index is -0.785. The molecule has 0 spiro atoms. The Balaban J connectivity index is 0. The fourth-order valence-corrected chi connectivity index (χ4v) is 0.742. The lowest BCUT2D eigenvalue weighted by molar-refractivity contribution is -0.140. The van der Waals surface area contributed by atoms with E-state index in [-0.39, 0.29) is 18.3 Å². The molecule has 10 heavy (non-hydrogen) atoms. The Morgan fingerprint density at radius 3 is 1.90 bits per heavy atom. The van der Waals surface area contributed by atoms with Crippen LogP contribution >= 0.6 is 12.4 Å². The second-order valence-corrected chi connectivity index (χ2v) is 2.35. The molecule has 0 amide bonds. The van der Waals surface area contributed by atoms with Gasteiger partial charge in [-0.3, -0.25) is 4.79 Å². The first-order chi connectivity index (χ1) is 4.09. The lowest BCUT2D eigenvalue weighted by Crippen LogP contribution is -2.38. The number of carbonyl (C=O) groups is 1. The number of nitrogens with one attached hydrogen (secondary N) is 1. The van der Waals surface area contributed by atoms with Crippen molar-refractivity contribution >= 4 is 18.4 Å². The second kappa shape index (κ2) is 5.50. The van der Waals surface area contributed by atoms with E-state index < -0.39 is 12.0 Å². The van der Waals surface area contributed by atoms with Crippen LogP contribution in [0.1, 0.15) is 13.8 Å². The van der Waals surface area contributed by atoms with Gasteiger partial charge in [0.15, 0.2) is 0 Å². The smallest absolute Gasteiger partial charge is 0.320 e. The largest absolute Gasteiger partial charge is 0.480 e. The Morgan fingerprint density at radius 1 is 1.50 bits per heavy atom. The molecule has 0 saturated heterocycles. The topological polar surface area (TPSA) is 49.3 Å². The van der Waals surface area contributed by atoms with Crippen LogP contribution in [0.4, 0.5) is 0 Å². The summed E-state index contributed by atoms with van der Waals surface area (Å²) in [6.07, 6.45) is 0. The van der Waals surface area contributed by atoms with Crippen molar-refractivity contribution < 1.29 is 9.90 Å². The van der Waals surface area contributed by atoms with Crippen LogP contribution < -0.4 is 5.32 Å². The molecule has 3 nitrogen and oxygen atoms in total. The summed E-state index contributed by atoms with van der Waals surface area (Å²) in [5.41, 5.74) is 0. The maximum atomic E-state index is 10.3. The molecule has 62 valence electrons. The molecule has 0 rings (SSSR count). The fraction of sp³-hybridized carbons (Fsp3) is 0.833. The van der Waals surface area contributed by atoms with Crippen LogP contribution in [0, 0.1) is 5.92 Å². The van der Waals surface area contributed by atoms with Gasteiger partial charge in [-0.15, -0.1) is 12.4 Å². The number of hydrogen-bond acceptors (Lipinski definition) is 2. The molecule has 1 atom stereocenters. The summed E-state index contributed by atoms with van der Waals surface area (Å²) >= 11 is 0. The molecule has 0 fully saturated rings. The van der Waals surface area contributed by atoms with E-state index in [9.17, 15) is 4.79 Å². The van der Waals surface area contributed by atoms with Gasteiger partial charge >= 0.3 is 5.97 Å². The number of likely N-dealkylation sites (N-methyl/N-ethyl adjacent to an activating group) is 1. The summed E-state index contributed by atoms with van der Waals surface area (Å²) in [5.74, 6) is -0.639. The number of carboxylic acids is 1. The third-order valence-electron chi connectivity index (χ3n) is 1.24. The molecule has 0 bridgehead atoms. The highest BCUT2D eigenvalue weighted by Gasteiger charge is 2.17. The Hall–Kier alpha value is -0.280. The van der Waals surface area contributed by atoms with Crippen molar-refractivity contribution in [2.24, 2.45) is 5.92 Å². The molecule has 0 unspecified atom stereocenters. The monoisotopic (exact) mass is 167 g/mol. The van der Waals surface area contributed by atoms with Gasteiger partial charge in [0.2, 0.25) is 0 Å². The van der Waals surface area contributed by atoms with Gasteiger partial charge in [0, 0.05) is 0 Å². The molecule has 0 aliphatic carbocycles. The standard InChI is InChI=1S/C6H13NO2.ClH/c1-4(2)5(7-3)6(8)9;/h4-5,7H,1-3H3,(H,8,9);1H/t5-;/m0./s1. The summed E-state index contributed by atoms with van der Waals surface area (Å²) in [4.78, 5) is 10.3. The van der Waals surface area contributed by atoms with Gasteiger partial charge in [-0.25, -0.2) is 0 Å². The molecule has 0 aliphatic heterocycles. The molecule has 0 aliphatic rings. The number of halogens is 1. The average Bonchev–Trinajstić information content (AvgIpc) is 1.64. The first kappa shape index (κ1) is 12.4. The van der Waals surface area contributed by atoms with Crippen LogP contribution in [-0.2, 0) is 4.79 Å². The number of carboxylic acid groups (broad SMARTS) is 1. The zero-order chi connectivity index (χ0) is 7.44. The van der Waals surface area contributed by atoms with Crippen LogP contribution in [0.5, 0.6) is 0 Å². The van der Waals surface area contributed by atoms with Crippen molar-refractivity contribution in [3.8, 4) is 0 Å². The van der Waals surface area contributed by atoms with Gasteiger partial charge in [-0.1, -0.05) is 13.8 Å². The van der Waals surface area contributed by atoms with Gasteiger partial charge in [0.25, 0.3) is 0 Å². The number of hydrogen-bond donors (Lipinski definition) is 2. The highest BCUT2D eigenvalue weighted by Crippen LogP contribution is 1.99. The molecule has 0 heterocycles. The maximum absolute atomic E-state index is 10.3. The van der Waals surface area contributed by atoms with Crippen molar-refractivity contribution in [2.45, 2.75) is 19.9 Å². The maximum Gasteiger partial charge on any atom is 0.320 e. The summed E-state index contributed by atoms with van der Waals surface area (Å²) in [7, 11) is 1.65. The lowest BCUT2D eigenvalue weighted by atomic mass is 10.1. The van der Waals surface area contributed by atoms with Crippen LogP contribution in [0.15, 0.2) is 0 Å². The quantitative estimate of drug-likeness (QED) is 0.652. The summed E-state index contributed by atoms with van der Waals surface area (Å²) in [5, 5.41) is 11.2. The van der Waals surface area contributed by atoms with Crippen molar-refractivity contribution in [3.63, 3.8) is 0 Å². The lowest BCUT2D eigenvalue weighted by Gasteiger charge is -2.13. The SMILES string of the molecule is CN[C@H](C(=O)O)C(C)C.Cl. The minimum absolute atomic E-state index is 0. The normalized spacial score (nSPS) is 12.4. The number of aliphatic carboxylic acids is 1. The zero-order valence-corrected chi connectivity index (χ0v) is 7.23. The molecule has 2 N–H and O–H groups in total. The molecular formula is C6H14ClNO2. The predicted molar refractivity (Wildman–Crippen MR) is 42.6 cm³/mol. The predicted octanol–water partition coefficient (Wildman–Crippen LogP) is 0.737. The third-order valence-corrected chi connectivity index (χ3v) is 1.24. The van der Waals surface area contributed by atoms with E-state index in [0.717, 1.165) is 0 Å². The summed E-state index contributed by atoms with van der Waals surface area (Å²) in [6.45, 7) is 3.74. The first-order valence-corrected chi connectivity index (χ1v) is 2.99. The average molecular weight is 168 g/mol. The van der Waals surface area contributed by atoms with Crippen LogP contribution in [0.3, 0.4) is 0 Å². The van der Waals surface area contributed by atoms with E-state index in [4.69, 9.17) is 5.11 Å². The van der Waals surface area contributed by atoms with E-state index in [2.05, 4.69) is 5.32 Å². The summed E-state index contributed by atoms with van der Waals surface area (Å²) in [6, 6.07) is -0.412. The third kappa shape index (κ3) is 3.69. The Kier molecular flexibility index (Phi) is 6.82. The van der Waals surface area contributed by atoms with Crippen LogP contribution in [-0.4, -0.2) is 24.2 Å². The van der Waals surface area contributed by atoms with Crippen molar-refractivity contribution in [3.05, 3.63) is 0 Å². The minimum Gasteiger partial charge on any atom is -0.480 e. The van der Waals surface area contributed by atoms with Crippen molar-refractivity contribution in [1.29, 1.82) is 0 Å². The molecule has 0 radical (unpaired) electrons. The second-order valence-electron chi connectivity index (χ2n) is 2.35. The highest BCUT2D eigenvalue weighted by molar-refractivity contribution is 5.85. The van der Waals surface area contributed by atoms with Crippen LogP contribution in [0.2, 0.25) is 0 Å². The van der Waals surface area contributed by atoms with E-state index in [1.54, 1.807) is 7.05 Å². The molecule has 0 aromatic heterocycles. The summed E-state index contributed by atoms with van der Waals surface area (Å²) < 4.78 is 0. The molecule has 0 aromatic carbocycles. The molecule has 4 heteroatoms. The van der Waals surface area contributed by atoms with Crippen molar-refractivity contribution in [2.75, 3.05) is 7.05 Å². The van der Waals surface area contributed by atoms with Gasteiger partial charge in [0.05, 0.1) is 0 Å². The van der Waals surface area contributed by atoms with Crippen LogP contribution in [0.25, 0.3) is 0 Å². The van der Waals surface area contributed by atoms with Gasteiger partial charge in [0.1, 0.15) is 6.04 Å².